The standard InChI is InChI=1S/C15H20N2O2/c1-9(2)18-13-6-5-12(7-10(13)3)15-11(4)19-14(8-16)17-15/h5-7,9H,8,16H2,1-4H3. The predicted octanol–water partition coefficient (Wildman–Crippen LogP) is 3.20. The van der Waals surface area contributed by atoms with Gasteiger partial charge in [-0.1, -0.05) is 0 Å². The smallest absolute Gasteiger partial charge is 0.208 e. The van der Waals surface area contributed by atoms with E-state index in [1.165, 1.54) is 0 Å². The third-order valence-corrected chi connectivity index (χ3v) is 2.83. The molecule has 0 saturated carbocycles. The first-order chi connectivity index (χ1) is 9.01. The van der Waals surface area contributed by atoms with Gasteiger partial charge in [0.15, 0.2) is 0 Å². The Morgan fingerprint density at radius 3 is 2.58 bits per heavy atom. The highest BCUT2D eigenvalue weighted by atomic mass is 16.5. The van der Waals surface area contributed by atoms with E-state index in [1.54, 1.807) is 0 Å². The van der Waals surface area contributed by atoms with E-state index < -0.39 is 0 Å². The molecule has 1 aromatic heterocycles. The van der Waals surface area contributed by atoms with Gasteiger partial charge >= 0.3 is 0 Å². The summed E-state index contributed by atoms with van der Waals surface area (Å²) in [6, 6.07) is 6.03. The Balaban J connectivity index is 2.35. The highest BCUT2D eigenvalue weighted by Gasteiger charge is 2.12. The summed E-state index contributed by atoms with van der Waals surface area (Å²) < 4.78 is 11.2. The maximum absolute atomic E-state index is 5.73. The van der Waals surface area contributed by atoms with Crippen molar-refractivity contribution in [1.29, 1.82) is 0 Å². The molecule has 102 valence electrons. The summed E-state index contributed by atoms with van der Waals surface area (Å²) in [5.41, 5.74) is 8.50. The minimum Gasteiger partial charge on any atom is -0.491 e. The average Bonchev–Trinajstić information content (AvgIpc) is 2.73. The minimum absolute atomic E-state index is 0.169. The van der Waals surface area contributed by atoms with Crippen molar-refractivity contribution in [2.45, 2.75) is 40.3 Å². The Kier molecular flexibility index (Phi) is 3.90. The van der Waals surface area contributed by atoms with Crippen LogP contribution in [0, 0.1) is 13.8 Å². The van der Waals surface area contributed by atoms with Crippen molar-refractivity contribution in [2.24, 2.45) is 5.73 Å². The summed E-state index contributed by atoms with van der Waals surface area (Å²) in [5, 5.41) is 0. The summed E-state index contributed by atoms with van der Waals surface area (Å²) in [4.78, 5) is 4.40. The molecule has 4 heteroatoms. The number of oxazole rings is 1. The first kappa shape index (κ1) is 13.6. The molecule has 0 spiro atoms. The van der Waals surface area contributed by atoms with Crippen LogP contribution < -0.4 is 10.5 Å². The lowest BCUT2D eigenvalue weighted by Crippen LogP contribution is -2.06. The van der Waals surface area contributed by atoms with Crippen molar-refractivity contribution in [3.05, 3.63) is 35.4 Å². The monoisotopic (exact) mass is 260 g/mol. The first-order valence-corrected chi connectivity index (χ1v) is 6.45. The highest BCUT2D eigenvalue weighted by Crippen LogP contribution is 2.28. The number of nitrogens with two attached hydrogens (primary N) is 1. The maximum Gasteiger partial charge on any atom is 0.208 e. The fourth-order valence-corrected chi connectivity index (χ4v) is 1.99. The van der Waals surface area contributed by atoms with Gasteiger partial charge in [0.05, 0.1) is 12.6 Å². The SMILES string of the molecule is Cc1cc(-c2nc(CN)oc2C)ccc1OC(C)C. The first-order valence-electron chi connectivity index (χ1n) is 6.45. The van der Waals surface area contributed by atoms with Gasteiger partial charge < -0.3 is 14.9 Å². The van der Waals surface area contributed by atoms with E-state index in [0.29, 0.717) is 12.4 Å². The molecular formula is C15H20N2O2. The zero-order valence-corrected chi connectivity index (χ0v) is 11.9. The molecule has 2 aromatic rings. The van der Waals surface area contributed by atoms with E-state index in [0.717, 1.165) is 28.3 Å². The van der Waals surface area contributed by atoms with Crippen molar-refractivity contribution < 1.29 is 9.15 Å². The Bertz CT molecular complexity index is 574. The van der Waals surface area contributed by atoms with Crippen LogP contribution in [-0.2, 0) is 6.54 Å². The van der Waals surface area contributed by atoms with Crippen LogP contribution in [0.25, 0.3) is 11.3 Å². The average molecular weight is 260 g/mol. The number of hydrogen-bond donors (Lipinski definition) is 1. The van der Waals surface area contributed by atoms with Gasteiger partial charge in [0.2, 0.25) is 5.89 Å². The third-order valence-electron chi connectivity index (χ3n) is 2.83. The molecule has 0 aliphatic heterocycles. The van der Waals surface area contributed by atoms with Crippen molar-refractivity contribution in [1.82, 2.24) is 4.98 Å². The summed E-state index contributed by atoms with van der Waals surface area (Å²) in [5.74, 6) is 2.25. The van der Waals surface area contributed by atoms with Crippen LogP contribution in [-0.4, -0.2) is 11.1 Å². The molecule has 0 radical (unpaired) electrons. The topological polar surface area (TPSA) is 61.3 Å². The molecule has 19 heavy (non-hydrogen) atoms. The molecule has 0 saturated heterocycles. The molecule has 0 aliphatic rings. The largest absolute Gasteiger partial charge is 0.491 e. The Hall–Kier alpha value is -1.81. The molecule has 0 unspecified atom stereocenters. The Morgan fingerprint density at radius 2 is 2.05 bits per heavy atom. The molecule has 0 aliphatic carbocycles. The van der Waals surface area contributed by atoms with Gasteiger partial charge in [0, 0.05) is 5.56 Å². The molecule has 0 atom stereocenters. The van der Waals surface area contributed by atoms with Crippen molar-refractivity contribution in [3.63, 3.8) is 0 Å². The van der Waals surface area contributed by atoms with Gasteiger partial charge in [0.25, 0.3) is 0 Å². The van der Waals surface area contributed by atoms with Crippen LogP contribution in [0.3, 0.4) is 0 Å². The second kappa shape index (κ2) is 5.45. The van der Waals surface area contributed by atoms with Crippen molar-refractivity contribution >= 4 is 0 Å². The lowest BCUT2D eigenvalue weighted by Gasteiger charge is -2.12. The van der Waals surface area contributed by atoms with E-state index in [2.05, 4.69) is 11.1 Å². The summed E-state index contributed by atoms with van der Waals surface area (Å²) >= 11 is 0. The van der Waals surface area contributed by atoms with Gasteiger partial charge in [-0.05, 0) is 51.5 Å². The molecule has 1 aromatic carbocycles. The molecule has 0 amide bonds. The maximum atomic E-state index is 5.73. The Morgan fingerprint density at radius 1 is 1.32 bits per heavy atom. The number of aromatic nitrogens is 1. The zero-order chi connectivity index (χ0) is 14.0. The summed E-state index contributed by atoms with van der Waals surface area (Å²) in [7, 11) is 0. The normalized spacial score (nSPS) is 11.1. The molecule has 4 nitrogen and oxygen atoms in total. The number of rotatable bonds is 4. The number of nitrogens with zero attached hydrogens (tertiary/aromatic N) is 1. The van der Waals surface area contributed by atoms with Crippen LogP contribution in [0.15, 0.2) is 22.6 Å². The second-order valence-electron chi connectivity index (χ2n) is 4.86. The summed E-state index contributed by atoms with van der Waals surface area (Å²) in [6.45, 7) is 8.27. The molecule has 2 N–H and O–H groups in total. The number of aryl methyl sites for hydroxylation is 2. The number of benzene rings is 1. The lowest BCUT2D eigenvalue weighted by atomic mass is 10.1. The number of ether oxygens (including phenoxy) is 1. The third kappa shape index (κ3) is 2.96. The fraction of sp³-hybridized carbons (Fsp3) is 0.400. The van der Waals surface area contributed by atoms with Crippen molar-refractivity contribution in [3.8, 4) is 17.0 Å². The van der Waals surface area contributed by atoms with Gasteiger partial charge in [0.1, 0.15) is 17.2 Å². The van der Waals surface area contributed by atoms with E-state index in [4.69, 9.17) is 14.9 Å². The van der Waals surface area contributed by atoms with E-state index in [1.807, 2.05) is 39.8 Å². The quantitative estimate of drug-likeness (QED) is 0.917. The minimum atomic E-state index is 0.169. The van der Waals surface area contributed by atoms with Crippen LogP contribution in [0.2, 0.25) is 0 Å². The second-order valence-corrected chi connectivity index (χ2v) is 4.86. The van der Waals surface area contributed by atoms with Crippen LogP contribution >= 0.6 is 0 Å². The highest BCUT2D eigenvalue weighted by molar-refractivity contribution is 5.63. The van der Waals surface area contributed by atoms with E-state index in [-0.39, 0.29) is 6.10 Å². The molecule has 0 bridgehead atoms. The van der Waals surface area contributed by atoms with Gasteiger partial charge in [-0.15, -0.1) is 0 Å². The molecular weight excluding hydrogens is 240 g/mol. The van der Waals surface area contributed by atoms with E-state index in [9.17, 15) is 0 Å². The van der Waals surface area contributed by atoms with Gasteiger partial charge in [-0.3, -0.25) is 0 Å². The lowest BCUT2D eigenvalue weighted by molar-refractivity contribution is 0.241. The molecule has 0 fully saturated rings. The van der Waals surface area contributed by atoms with Gasteiger partial charge in [-0.25, -0.2) is 4.98 Å². The molecule has 1 heterocycles. The van der Waals surface area contributed by atoms with Crippen LogP contribution in [0.1, 0.15) is 31.1 Å². The molecule has 2 rings (SSSR count). The van der Waals surface area contributed by atoms with E-state index >= 15 is 0 Å². The van der Waals surface area contributed by atoms with Crippen LogP contribution in [0.5, 0.6) is 5.75 Å². The van der Waals surface area contributed by atoms with Crippen molar-refractivity contribution in [2.75, 3.05) is 0 Å². The summed E-state index contributed by atoms with van der Waals surface area (Å²) in [6.07, 6.45) is 0.169. The van der Waals surface area contributed by atoms with Gasteiger partial charge in [-0.2, -0.15) is 0 Å². The van der Waals surface area contributed by atoms with Crippen LogP contribution in [0.4, 0.5) is 0 Å². The predicted molar refractivity (Wildman–Crippen MR) is 75.1 cm³/mol. The Labute approximate surface area is 113 Å². The fourth-order valence-electron chi connectivity index (χ4n) is 1.99. The number of hydrogen-bond acceptors (Lipinski definition) is 4. The zero-order valence-electron chi connectivity index (χ0n) is 11.9.